The average molecular weight is 287 g/mol. The van der Waals surface area contributed by atoms with E-state index in [9.17, 15) is 0 Å². The Bertz CT molecular complexity index is 525. The number of ether oxygens (including phenoxy) is 1. The maximum Gasteiger partial charge on any atom is 0.119 e. The largest absolute Gasteiger partial charge is 0.494 e. The Balaban J connectivity index is 1.60. The molecule has 2 N–H and O–H groups in total. The number of hydrogen-bond donors (Lipinski definition) is 1. The third kappa shape index (κ3) is 4.82. The molecule has 2 aromatic rings. The molecule has 0 heterocycles. The first-order valence-corrected chi connectivity index (χ1v) is 7.91. The normalized spacial score (nSPS) is 10.4. The van der Waals surface area contributed by atoms with E-state index in [0.717, 1.165) is 36.6 Å². The zero-order valence-electron chi connectivity index (χ0n) is 11.8. The Hall–Kier alpha value is -1.61. The first-order valence-electron chi connectivity index (χ1n) is 6.92. The monoisotopic (exact) mass is 287 g/mol. The highest BCUT2D eigenvalue weighted by molar-refractivity contribution is 7.99. The van der Waals surface area contributed by atoms with Gasteiger partial charge < -0.3 is 10.5 Å². The van der Waals surface area contributed by atoms with E-state index in [1.54, 1.807) is 0 Å². The topological polar surface area (TPSA) is 35.2 Å². The molecule has 0 radical (unpaired) electrons. The first-order chi connectivity index (χ1) is 9.75. The van der Waals surface area contributed by atoms with E-state index in [4.69, 9.17) is 10.5 Å². The van der Waals surface area contributed by atoms with Gasteiger partial charge in [-0.3, -0.25) is 0 Å². The van der Waals surface area contributed by atoms with E-state index < -0.39 is 0 Å². The Morgan fingerprint density at radius 2 is 1.75 bits per heavy atom. The van der Waals surface area contributed by atoms with Gasteiger partial charge in [0.2, 0.25) is 0 Å². The van der Waals surface area contributed by atoms with Crippen molar-refractivity contribution >= 4 is 17.4 Å². The minimum Gasteiger partial charge on any atom is -0.494 e. The molecule has 3 heteroatoms. The number of benzene rings is 2. The van der Waals surface area contributed by atoms with Crippen LogP contribution in [-0.4, -0.2) is 12.4 Å². The minimum atomic E-state index is 0.772. The average Bonchev–Trinajstić information content (AvgIpc) is 2.46. The van der Waals surface area contributed by atoms with Gasteiger partial charge in [-0.25, -0.2) is 0 Å². The molecule has 2 aromatic carbocycles. The molecular weight excluding hydrogens is 266 g/mol. The van der Waals surface area contributed by atoms with Crippen LogP contribution in [0.1, 0.15) is 18.4 Å². The molecule has 0 saturated carbocycles. The summed E-state index contributed by atoms with van der Waals surface area (Å²) in [6.07, 6.45) is 2.19. The van der Waals surface area contributed by atoms with Gasteiger partial charge in [0.05, 0.1) is 6.61 Å². The molecule has 20 heavy (non-hydrogen) atoms. The third-order valence-corrected chi connectivity index (χ3v) is 4.18. The van der Waals surface area contributed by atoms with Crippen molar-refractivity contribution in [1.29, 1.82) is 0 Å². The van der Waals surface area contributed by atoms with E-state index in [2.05, 4.69) is 25.1 Å². The number of thioether (sulfide) groups is 1. The highest BCUT2D eigenvalue weighted by atomic mass is 32.2. The van der Waals surface area contributed by atoms with Crippen LogP contribution in [0, 0.1) is 6.92 Å². The third-order valence-electron chi connectivity index (χ3n) is 3.00. The van der Waals surface area contributed by atoms with E-state index in [0.29, 0.717) is 0 Å². The van der Waals surface area contributed by atoms with Crippen LogP contribution < -0.4 is 10.5 Å². The Morgan fingerprint density at radius 3 is 2.50 bits per heavy atom. The molecule has 2 rings (SSSR count). The lowest BCUT2D eigenvalue weighted by Crippen LogP contribution is -1.98. The van der Waals surface area contributed by atoms with Gasteiger partial charge in [-0.15, -0.1) is 11.8 Å². The molecule has 0 aromatic heterocycles. The van der Waals surface area contributed by atoms with Gasteiger partial charge in [0, 0.05) is 10.6 Å². The molecule has 0 atom stereocenters. The second-order valence-corrected chi connectivity index (χ2v) is 5.89. The highest BCUT2D eigenvalue weighted by Crippen LogP contribution is 2.25. The van der Waals surface area contributed by atoms with Crippen molar-refractivity contribution in [3.8, 4) is 5.75 Å². The second-order valence-electron chi connectivity index (χ2n) is 4.75. The van der Waals surface area contributed by atoms with Gasteiger partial charge in [-0.05, 0) is 49.8 Å². The van der Waals surface area contributed by atoms with E-state index in [-0.39, 0.29) is 0 Å². The second kappa shape index (κ2) is 7.85. The predicted octanol–water partition coefficient (Wildman–Crippen LogP) is 4.53. The van der Waals surface area contributed by atoms with Crippen molar-refractivity contribution in [2.24, 2.45) is 0 Å². The van der Waals surface area contributed by atoms with E-state index in [1.807, 2.05) is 42.1 Å². The number of anilines is 1. The molecule has 0 unspecified atom stereocenters. The Labute approximate surface area is 125 Å². The van der Waals surface area contributed by atoms with Gasteiger partial charge in [0.25, 0.3) is 0 Å². The molecule has 2 nitrogen and oxygen atoms in total. The summed E-state index contributed by atoms with van der Waals surface area (Å²) >= 11 is 1.81. The lowest BCUT2D eigenvalue weighted by Gasteiger charge is -2.07. The van der Waals surface area contributed by atoms with Crippen LogP contribution in [0.15, 0.2) is 53.4 Å². The standard InChI is InChI=1S/C17H21NOS/c1-14-8-10-15(11-9-14)19-12-4-5-13-20-17-7-3-2-6-16(17)18/h2-3,6-11H,4-5,12-13,18H2,1H3. The van der Waals surface area contributed by atoms with Crippen molar-refractivity contribution < 1.29 is 4.74 Å². The molecule has 0 bridgehead atoms. The zero-order valence-corrected chi connectivity index (χ0v) is 12.7. The lowest BCUT2D eigenvalue weighted by atomic mass is 10.2. The number of para-hydroxylation sites is 1. The number of nitrogen functional groups attached to an aromatic ring is 1. The number of rotatable bonds is 7. The van der Waals surface area contributed by atoms with Crippen LogP contribution >= 0.6 is 11.8 Å². The number of hydrogen-bond acceptors (Lipinski definition) is 3. The summed E-state index contributed by atoms with van der Waals surface area (Å²) in [6.45, 7) is 2.85. The summed E-state index contributed by atoms with van der Waals surface area (Å²) < 4.78 is 5.70. The van der Waals surface area contributed by atoms with Crippen LogP contribution in [0.5, 0.6) is 5.75 Å². The maximum atomic E-state index is 5.90. The summed E-state index contributed by atoms with van der Waals surface area (Å²) in [4.78, 5) is 1.17. The smallest absolute Gasteiger partial charge is 0.119 e. The van der Waals surface area contributed by atoms with E-state index in [1.165, 1.54) is 10.5 Å². The minimum absolute atomic E-state index is 0.772. The van der Waals surface area contributed by atoms with Crippen molar-refractivity contribution in [3.63, 3.8) is 0 Å². The highest BCUT2D eigenvalue weighted by Gasteiger charge is 1.98. The van der Waals surface area contributed by atoms with Crippen molar-refractivity contribution in [2.45, 2.75) is 24.7 Å². The van der Waals surface area contributed by atoms with Gasteiger partial charge in [0.15, 0.2) is 0 Å². The van der Waals surface area contributed by atoms with Crippen LogP contribution in [0.4, 0.5) is 5.69 Å². The molecule has 0 amide bonds. The maximum absolute atomic E-state index is 5.90. The SMILES string of the molecule is Cc1ccc(OCCCCSc2ccccc2N)cc1. The summed E-state index contributed by atoms with van der Waals surface area (Å²) in [5, 5.41) is 0. The fourth-order valence-corrected chi connectivity index (χ4v) is 2.80. The molecular formula is C17H21NOS. The summed E-state index contributed by atoms with van der Waals surface area (Å²) in [6, 6.07) is 16.2. The van der Waals surface area contributed by atoms with Gasteiger partial charge in [-0.1, -0.05) is 29.8 Å². The van der Waals surface area contributed by atoms with Crippen molar-refractivity contribution in [1.82, 2.24) is 0 Å². The first kappa shape index (κ1) is 14.8. The zero-order chi connectivity index (χ0) is 14.2. The van der Waals surface area contributed by atoms with Gasteiger partial charge in [0.1, 0.15) is 5.75 Å². The van der Waals surface area contributed by atoms with Crippen LogP contribution in [0.2, 0.25) is 0 Å². The molecule has 0 spiro atoms. The summed E-state index contributed by atoms with van der Waals surface area (Å²) in [7, 11) is 0. The summed E-state index contributed by atoms with van der Waals surface area (Å²) in [5.74, 6) is 2.03. The van der Waals surface area contributed by atoms with Crippen LogP contribution in [-0.2, 0) is 0 Å². The predicted molar refractivity (Wildman–Crippen MR) is 87.5 cm³/mol. The van der Waals surface area contributed by atoms with E-state index >= 15 is 0 Å². The van der Waals surface area contributed by atoms with Crippen molar-refractivity contribution in [3.05, 3.63) is 54.1 Å². The van der Waals surface area contributed by atoms with Gasteiger partial charge in [-0.2, -0.15) is 0 Å². The van der Waals surface area contributed by atoms with Crippen molar-refractivity contribution in [2.75, 3.05) is 18.1 Å². The molecule has 0 aliphatic rings. The Morgan fingerprint density at radius 1 is 1.00 bits per heavy atom. The van der Waals surface area contributed by atoms with Crippen LogP contribution in [0.25, 0.3) is 0 Å². The number of unbranched alkanes of at least 4 members (excludes halogenated alkanes) is 1. The molecule has 0 aliphatic carbocycles. The molecule has 106 valence electrons. The molecule has 0 saturated heterocycles. The molecule has 0 aliphatic heterocycles. The van der Waals surface area contributed by atoms with Crippen LogP contribution in [0.3, 0.4) is 0 Å². The Kier molecular flexibility index (Phi) is 5.81. The number of aryl methyl sites for hydroxylation is 1. The lowest BCUT2D eigenvalue weighted by molar-refractivity contribution is 0.310. The number of nitrogens with two attached hydrogens (primary N) is 1. The van der Waals surface area contributed by atoms with Gasteiger partial charge >= 0.3 is 0 Å². The fourth-order valence-electron chi connectivity index (χ4n) is 1.82. The summed E-state index contributed by atoms with van der Waals surface area (Å²) in [5.41, 5.74) is 8.03. The quantitative estimate of drug-likeness (QED) is 0.461. The molecule has 0 fully saturated rings. The fraction of sp³-hybridized carbons (Fsp3) is 0.294.